The van der Waals surface area contributed by atoms with Crippen molar-refractivity contribution >= 4 is 10.1 Å². The van der Waals surface area contributed by atoms with Crippen molar-refractivity contribution in [1.82, 2.24) is 4.90 Å². The molecule has 6 heteroatoms. The lowest BCUT2D eigenvalue weighted by Crippen LogP contribution is -2.65. The van der Waals surface area contributed by atoms with E-state index >= 15 is 0 Å². The topological polar surface area (TPSA) is 60.4 Å². The van der Waals surface area contributed by atoms with Crippen LogP contribution in [-0.4, -0.2) is 68.7 Å². The molecular formula is C14H22N2O3S. The lowest BCUT2D eigenvalue weighted by Gasteiger charge is -2.48. The van der Waals surface area contributed by atoms with Gasteiger partial charge in [0.2, 0.25) is 0 Å². The normalized spacial score (nSPS) is 28.6. The van der Waals surface area contributed by atoms with Crippen LogP contribution in [0.4, 0.5) is 0 Å². The Morgan fingerprint density at radius 3 is 1.80 bits per heavy atom. The monoisotopic (exact) mass is 298 g/mol. The number of benzene rings is 1. The molecule has 0 aliphatic carbocycles. The lowest BCUT2D eigenvalue weighted by molar-refractivity contribution is -0.922. The third kappa shape index (κ3) is 4.02. The maximum Gasteiger partial charge on any atom is 0.124 e. The summed E-state index contributed by atoms with van der Waals surface area (Å²) in [6.45, 7) is 10.0. The average molecular weight is 298 g/mol. The van der Waals surface area contributed by atoms with Gasteiger partial charge in [0, 0.05) is 19.6 Å². The van der Waals surface area contributed by atoms with E-state index in [9.17, 15) is 13.0 Å². The third-order valence-electron chi connectivity index (χ3n) is 4.18. The fraction of sp³-hybridized carbons (Fsp3) is 0.571. The number of fused-ring (bicyclic) bond motifs is 3. The molecule has 0 amide bonds. The lowest BCUT2D eigenvalue weighted by atomic mass is 10.2. The van der Waals surface area contributed by atoms with Crippen LogP contribution >= 0.6 is 0 Å². The van der Waals surface area contributed by atoms with E-state index in [0.717, 1.165) is 5.56 Å². The summed E-state index contributed by atoms with van der Waals surface area (Å²) in [4.78, 5) is 2.40. The molecule has 0 unspecified atom stereocenters. The van der Waals surface area contributed by atoms with E-state index in [-0.39, 0.29) is 4.90 Å². The molecular weight excluding hydrogens is 276 g/mol. The van der Waals surface area contributed by atoms with Crippen LogP contribution < -0.4 is 0 Å². The van der Waals surface area contributed by atoms with Crippen molar-refractivity contribution in [3.63, 3.8) is 0 Å². The molecule has 3 fully saturated rings. The van der Waals surface area contributed by atoms with Crippen molar-refractivity contribution in [2.45, 2.75) is 11.8 Å². The maximum atomic E-state index is 10.4. The van der Waals surface area contributed by atoms with E-state index in [2.05, 4.69) is 11.9 Å². The molecule has 1 aromatic rings. The average Bonchev–Trinajstić information content (AvgIpc) is 2.40. The molecule has 0 aromatic heterocycles. The first-order valence-corrected chi connectivity index (χ1v) is 8.28. The Labute approximate surface area is 121 Å². The van der Waals surface area contributed by atoms with Crippen LogP contribution in [0.15, 0.2) is 29.2 Å². The van der Waals surface area contributed by atoms with E-state index in [4.69, 9.17) is 0 Å². The van der Waals surface area contributed by atoms with Gasteiger partial charge in [-0.1, -0.05) is 17.7 Å². The summed E-state index contributed by atoms with van der Waals surface area (Å²) in [6.07, 6.45) is 0. The highest BCUT2D eigenvalue weighted by molar-refractivity contribution is 7.85. The smallest absolute Gasteiger partial charge is 0.124 e. The Balaban J connectivity index is 0.000000149. The van der Waals surface area contributed by atoms with Gasteiger partial charge in [-0.25, -0.2) is 8.42 Å². The van der Waals surface area contributed by atoms with Crippen LogP contribution in [0.5, 0.6) is 0 Å². The molecule has 3 saturated heterocycles. The van der Waals surface area contributed by atoms with Gasteiger partial charge in [0.15, 0.2) is 0 Å². The number of rotatable bonds is 1. The number of piperazine rings is 3. The van der Waals surface area contributed by atoms with Gasteiger partial charge in [-0.3, -0.25) is 4.90 Å². The molecule has 1 aromatic carbocycles. The fourth-order valence-corrected chi connectivity index (χ4v) is 2.99. The highest BCUT2D eigenvalue weighted by Crippen LogP contribution is 2.15. The van der Waals surface area contributed by atoms with Crippen LogP contribution in [0.25, 0.3) is 0 Å². The third-order valence-corrected chi connectivity index (χ3v) is 5.03. The summed E-state index contributed by atoms with van der Waals surface area (Å²) in [7, 11) is -1.88. The molecule has 0 spiro atoms. The number of nitrogens with zero attached hydrogens (tertiary/aromatic N) is 2. The van der Waals surface area contributed by atoms with E-state index in [1.807, 2.05) is 6.92 Å². The number of hydrogen-bond acceptors (Lipinski definition) is 4. The fourth-order valence-electron chi connectivity index (χ4n) is 2.52. The first-order valence-electron chi connectivity index (χ1n) is 6.87. The minimum Gasteiger partial charge on any atom is -0.744 e. The van der Waals surface area contributed by atoms with Crippen LogP contribution in [-0.2, 0) is 10.1 Å². The largest absolute Gasteiger partial charge is 0.744 e. The van der Waals surface area contributed by atoms with Gasteiger partial charge in [0.1, 0.15) is 10.1 Å². The van der Waals surface area contributed by atoms with Gasteiger partial charge in [0.05, 0.1) is 31.6 Å². The zero-order chi connectivity index (χ0) is 14.8. The van der Waals surface area contributed by atoms with Crippen molar-refractivity contribution < 1.29 is 17.5 Å². The summed E-state index contributed by atoms with van der Waals surface area (Å²) < 4.78 is 32.5. The molecule has 4 rings (SSSR count). The highest BCUT2D eigenvalue weighted by atomic mass is 32.2. The molecule has 2 bridgehead atoms. The molecule has 5 nitrogen and oxygen atoms in total. The van der Waals surface area contributed by atoms with Crippen molar-refractivity contribution in [2.75, 3.05) is 46.3 Å². The van der Waals surface area contributed by atoms with E-state index in [1.54, 1.807) is 12.1 Å². The van der Waals surface area contributed by atoms with Crippen LogP contribution in [0.3, 0.4) is 0 Å². The zero-order valence-electron chi connectivity index (χ0n) is 12.1. The summed E-state index contributed by atoms with van der Waals surface area (Å²) in [5, 5.41) is 0. The van der Waals surface area contributed by atoms with Crippen LogP contribution in [0.1, 0.15) is 5.56 Å². The van der Waals surface area contributed by atoms with Gasteiger partial charge in [0.25, 0.3) is 0 Å². The van der Waals surface area contributed by atoms with Gasteiger partial charge in [-0.05, 0) is 19.1 Å². The predicted molar refractivity (Wildman–Crippen MR) is 76.4 cm³/mol. The maximum absolute atomic E-state index is 10.4. The first-order chi connectivity index (χ1) is 9.28. The quantitative estimate of drug-likeness (QED) is 0.564. The highest BCUT2D eigenvalue weighted by Gasteiger charge is 2.34. The van der Waals surface area contributed by atoms with Crippen molar-refractivity contribution in [3.8, 4) is 0 Å². The molecule has 112 valence electrons. The Bertz CT molecular complexity index is 533. The minimum atomic E-state index is -4.27. The van der Waals surface area contributed by atoms with Crippen molar-refractivity contribution in [3.05, 3.63) is 29.8 Å². The second-order valence-electron chi connectivity index (χ2n) is 5.90. The number of likely N-dealkylation sites (N-methyl/N-ethyl adjacent to an activating group) is 1. The second kappa shape index (κ2) is 5.81. The Kier molecular flexibility index (Phi) is 4.49. The van der Waals surface area contributed by atoms with E-state index in [0.29, 0.717) is 0 Å². The molecule has 0 atom stereocenters. The molecule has 0 N–H and O–H groups in total. The van der Waals surface area contributed by atoms with E-state index < -0.39 is 10.1 Å². The zero-order valence-corrected chi connectivity index (χ0v) is 12.9. The van der Waals surface area contributed by atoms with Crippen molar-refractivity contribution in [2.24, 2.45) is 0 Å². The molecule has 3 aliphatic rings. The molecule has 3 aliphatic heterocycles. The SMILES string of the molecule is C[N+]12CCN(CC1)CC2.Cc1ccc(S(=O)(=O)[O-])cc1. The Morgan fingerprint density at radius 1 is 1.05 bits per heavy atom. The number of quaternary nitrogens is 1. The second-order valence-corrected chi connectivity index (χ2v) is 7.28. The summed E-state index contributed by atoms with van der Waals surface area (Å²) in [5.74, 6) is 0. The first kappa shape index (κ1) is 15.4. The number of hydrogen-bond donors (Lipinski definition) is 0. The molecule has 3 heterocycles. The van der Waals surface area contributed by atoms with Gasteiger partial charge >= 0.3 is 0 Å². The summed E-state index contributed by atoms with van der Waals surface area (Å²) >= 11 is 0. The van der Waals surface area contributed by atoms with Gasteiger partial charge < -0.3 is 9.04 Å². The van der Waals surface area contributed by atoms with Crippen molar-refractivity contribution in [1.29, 1.82) is 0 Å². The molecule has 0 saturated carbocycles. The summed E-state index contributed by atoms with van der Waals surface area (Å²) in [5.41, 5.74) is 0.928. The Morgan fingerprint density at radius 2 is 1.50 bits per heavy atom. The Hall–Kier alpha value is -0.950. The number of aryl methyl sites for hydroxylation is 1. The predicted octanol–water partition coefficient (Wildman–Crippen LogP) is 0.661. The molecule has 20 heavy (non-hydrogen) atoms. The van der Waals surface area contributed by atoms with Crippen LogP contribution in [0, 0.1) is 6.92 Å². The van der Waals surface area contributed by atoms with Gasteiger partial charge in [-0.15, -0.1) is 0 Å². The van der Waals surface area contributed by atoms with E-state index in [1.165, 1.54) is 55.9 Å². The summed E-state index contributed by atoms with van der Waals surface area (Å²) in [6, 6.07) is 5.78. The minimum absolute atomic E-state index is 0.178. The van der Waals surface area contributed by atoms with Gasteiger partial charge in [-0.2, -0.15) is 0 Å². The standard InChI is InChI=1S/C7H15N2.C7H8O3S/c1-9-5-2-8(3-6-9)4-7-9;1-6-2-4-7(5-3-6)11(8,9)10/h2-7H2,1H3;2-5H,1H3,(H,8,9,10)/q+1;/p-1. The van der Waals surface area contributed by atoms with Crippen LogP contribution in [0.2, 0.25) is 0 Å². The molecule has 0 radical (unpaired) electrons.